The van der Waals surface area contributed by atoms with E-state index in [-0.39, 0.29) is 18.2 Å². The van der Waals surface area contributed by atoms with Crippen molar-refractivity contribution in [3.05, 3.63) is 153 Å². The number of carbonyl (C=O) groups excluding carboxylic acids is 1. The van der Waals surface area contributed by atoms with E-state index in [2.05, 4.69) is 6.58 Å². The van der Waals surface area contributed by atoms with Crippen LogP contribution in [0.3, 0.4) is 0 Å². The number of allylic oxidation sites excluding steroid dienone is 1. The van der Waals surface area contributed by atoms with Crippen molar-refractivity contribution in [1.29, 1.82) is 0 Å². The summed E-state index contributed by atoms with van der Waals surface area (Å²) in [5.74, 6) is 0.940. The fourth-order valence-electron chi connectivity index (χ4n) is 4.68. The van der Waals surface area contributed by atoms with Crippen molar-refractivity contribution in [1.82, 2.24) is 4.90 Å². The summed E-state index contributed by atoms with van der Waals surface area (Å²) in [4.78, 5) is 31.4. The third-order valence-electron chi connectivity index (χ3n) is 6.88. The lowest BCUT2D eigenvalue weighted by Crippen LogP contribution is -2.28. The highest BCUT2D eigenvalue weighted by atomic mass is 32.2. The molecule has 222 valence electrons. The molecule has 9 heteroatoms. The van der Waals surface area contributed by atoms with Gasteiger partial charge < -0.3 is 9.47 Å². The number of rotatable bonds is 12. The molecule has 1 fully saturated rings. The number of non-ortho nitro benzene ring substituents is 1. The minimum absolute atomic E-state index is 0.0194. The zero-order valence-electron chi connectivity index (χ0n) is 24.2. The third kappa shape index (κ3) is 7.43. The number of nitro benzene ring substituents is 1. The van der Waals surface area contributed by atoms with Gasteiger partial charge in [0.2, 0.25) is 0 Å². The molecule has 0 atom stereocenters. The van der Waals surface area contributed by atoms with Crippen LogP contribution in [0.15, 0.2) is 120 Å². The zero-order valence-corrected chi connectivity index (χ0v) is 25.0. The highest BCUT2D eigenvalue weighted by Gasteiger charge is 2.33. The summed E-state index contributed by atoms with van der Waals surface area (Å²) in [5.41, 5.74) is 4.49. The molecular weight excluding hydrogens is 574 g/mol. The number of amidine groups is 1. The molecule has 1 saturated heterocycles. The lowest BCUT2D eigenvalue weighted by atomic mass is 10.0. The van der Waals surface area contributed by atoms with Crippen LogP contribution in [0.2, 0.25) is 0 Å². The van der Waals surface area contributed by atoms with E-state index in [1.54, 1.807) is 30.2 Å². The fourth-order valence-corrected chi connectivity index (χ4v) is 5.66. The molecule has 1 heterocycles. The summed E-state index contributed by atoms with van der Waals surface area (Å²) in [6.07, 6.45) is 4.13. The second-order valence-corrected chi connectivity index (χ2v) is 11.0. The van der Waals surface area contributed by atoms with Crippen molar-refractivity contribution in [2.75, 3.05) is 7.11 Å². The van der Waals surface area contributed by atoms with Crippen LogP contribution in [-0.2, 0) is 30.9 Å². The Balaban J connectivity index is 1.43. The number of hydrogen-bond acceptors (Lipinski definition) is 7. The quantitative estimate of drug-likeness (QED) is 0.0715. The maximum absolute atomic E-state index is 13.7. The van der Waals surface area contributed by atoms with Gasteiger partial charge in [-0.1, -0.05) is 66.7 Å². The maximum Gasteiger partial charge on any atom is 0.269 e. The van der Waals surface area contributed by atoms with Crippen LogP contribution in [0.4, 0.5) is 5.69 Å². The molecule has 0 unspecified atom stereocenters. The normalized spacial score (nSPS) is 14.7. The molecule has 8 nitrogen and oxygen atoms in total. The average Bonchev–Trinajstić information content (AvgIpc) is 3.33. The summed E-state index contributed by atoms with van der Waals surface area (Å²) in [6.45, 7) is 4.97. The van der Waals surface area contributed by atoms with Gasteiger partial charge in [0.15, 0.2) is 16.7 Å². The summed E-state index contributed by atoms with van der Waals surface area (Å²) in [7, 11) is 1.56. The Morgan fingerprint density at radius 3 is 2.27 bits per heavy atom. The van der Waals surface area contributed by atoms with E-state index >= 15 is 0 Å². The molecule has 1 amide bonds. The van der Waals surface area contributed by atoms with Gasteiger partial charge in [0.25, 0.3) is 11.6 Å². The first-order valence-electron chi connectivity index (χ1n) is 14.0. The largest absolute Gasteiger partial charge is 0.493 e. The van der Waals surface area contributed by atoms with Crippen molar-refractivity contribution < 1.29 is 19.2 Å². The molecule has 0 radical (unpaired) electrons. The number of nitrogens with zero attached hydrogens (tertiary/aromatic N) is 3. The van der Waals surface area contributed by atoms with Crippen LogP contribution >= 0.6 is 11.8 Å². The van der Waals surface area contributed by atoms with E-state index in [1.807, 2.05) is 78.9 Å². The summed E-state index contributed by atoms with van der Waals surface area (Å²) in [5, 5.41) is 11.6. The predicted octanol–water partition coefficient (Wildman–Crippen LogP) is 7.58. The number of amides is 1. The van der Waals surface area contributed by atoms with Gasteiger partial charge in [-0.05, 0) is 70.8 Å². The monoisotopic (exact) mass is 605 g/mol. The molecule has 1 aliphatic heterocycles. The minimum atomic E-state index is -0.435. The highest BCUT2D eigenvalue weighted by Crippen LogP contribution is 2.38. The number of carbonyl (C=O) groups is 1. The molecule has 0 N–H and O–H groups in total. The van der Waals surface area contributed by atoms with Gasteiger partial charge in [-0.15, -0.1) is 6.58 Å². The molecule has 0 spiro atoms. The van der Waals surface area contributed by atoms with Gasteiger partial charge in [0.05, 0.1) is 30.0 Å². The molecular formula is C35H31N3O5S. The second kappa shape index (κ2) is 14.3. The van der Waals surface area contributed by atoms with Crippen molar-refractivity contribution in [3.8, 4) is 11.5 Å². The molecule has 4 aromatic rings. The standard InChI is InChI=1S/C35H31N3O5S/c1-3-10-29-19-28(20-31(42-2)33(29)43-24-27-15-17-30(18-16-27)38(40)41)21-32-34(39)37(23-26-13-8-5-9-14-26)35(44-32)36-22-25-11-6-4-7-12-25/h3-9,11-21H,1,10,22-24H2,2H3/b32-21+,36-35?. The molecule has 1 aliphatic rings. The van der Waals surface area contributed by atoms with Gasteiger partial charge in [-0.25, -0.2) is 0 Å². The molecule has 0 bridgehead atoms. The molecule has 0 aromatic heterocycles. The van der Waals surface area contributed by atoms with E-state index < -0.39 is 4.92 Å². The number of benzene rings is 4. The SMILES string of the molecule is C=CCc1cc(/C=C2/SC(=NCc3ccccc3)N(Cc3ccccc3)C2=O)cc(OC)c1OCc1ccc([N+](=O)[O-])cc1. The maximum atomic E-state index is 13.7. The lowest BCUT2D eigenvalue weighted by Gasteiger charge is -2.16. The summed E-state index contributed by atoms with van der Waals surface area (Å²) in [6, 6.07) is 29.8. The highest BCUT2D eigenvalue weighted by molar-refractivity contribution is 8.18. The summed E-state index contributed by atoms with van der Waals surface area (Å²) >= 11 is 1.36. The number of thioether (sulfide) groups is 1. The van der Waals surface area contributed by atoms with E-state index in [1.165, 1.54) is 23.9 Å². The van der Waals surface area contributed by atoms with Gasteiger partial charge >= 0.3 is 0 Å². The van der Waals surface area contributed by atoms with Crippen molar-refractivity contribution in [2.45, 2.75) is 26.1 Å². The van der Waals surface area contributed by atoms with Crippen LogP contribution in [0.1, 0.15) is 27.8 Å². The molecule has 4 aromatic carbocycles. The van der Waals surface area contributed by atoms with Crippen molar-refractivity contribution in [3.63, 3.8) is 0 Å². The molecule has 5 rings (SSSR count). The number of aliphatic imine (C=N–C) groups is 1. The number of methoxy groups -OCH3 is 1. The topological polar surface area (TPSA) is 94.3 Å². The zero-order chi connectivity index (χ0) is 30.9. The Morgan fingerprint density at radius 1 is 0.955 bits per heavy atom. The van der Waals surface area contributed by atoms with Gasteiger partial charge in [-0.2, -0.15) is 0 Å². The van der Waals surface area contributed by atoms with Crippen LogP contribution in [0.5, 0.6) is 11.5 Å². The van der Waals surface area contributed by atoms with Crippen LogP contribution in [0, 0.1) is 10.1 Å². The fraction of sp³-hybridized carbons (Fsp3) is 0.143. The van der Waals surface area contributed by atoms with E-state index in [0.29, 0.717) is 41.1 Å². The second-order valence-electron chi connectivity index (χ2n) is 9.99. The van der Waals surface area contributed by atoms with Crippen molar-refractivity contribution in [2.24, 2.45) is 4.99 Å². The Labute approximate surface area is 260 Å². The third-order valence-corrected chi connectivity index (χ3v) is 7.92. The van der Waals surface area contributed by atoms with Crippen LogP contribution in [-0.4, -0.2) is 28.0 Å². The summed E-state index contributed by atoms with van der Waals surface area (Å²) < 4.78 is 11.9. The smallest absolute Gasteiger partial charge is 0.269 e. The first-order chi connectivity index (χ1) is 21.4. The van der Waals surface area contributed by atoms with Gasteiger partial charge in [0.1, 0.15) is 6.61 Å². The lowest BCUT2D eigenvalue weighted by molar-refractivity contribution is -0.384. The van der Waals surface area contributed by atoms with Gasteiger partial charge in [-0.3, -0.25) is 24.8 Å². The Hall–Kier alpha value is -5.15. The molecule has 0 aliphatic carbocycles. The average molecular weight is 606 g/mol. The molecule has 44 heavy (non-hydrogen) atoms. The van der Waals surface area contributed by atoms with Crippen LogP contribution in [0.25, 0.3) is 6.08 Å². The Kier molecular flexibility index (Phi) is 9.89. The first kappa shape index (κ1) is 30.3. The first-order valence-corrected chi connectivity index (χ1v) is 14.8. The van der Waals surface area contributed by atoms with Gasteiger partial charge in [0, 0.05) is 17.7 Å². The molecule has 0 saturated carbocycles. The van der Waals surface area contributed by atoms with E-state index in [4.69, 9.17) is 14.5 Å². The number of ether oxygens (including phenoxy) is 2. The Morgan fingerprint density at radius 2 is 1.64 bits per heavy atom. The Bertz CT molecular complexity index is 1700. The van der Waals surface area contributed by atoms with E-state index in [0.717, 1.165) is 27.8 Å². The number of nitro groups is 1. The van der Waals surface area contributed by atoms with Crippen LogP contribution < -0.4 is 9.47 Å². The number of hydrogen-bond donors (Lipinski definition) is 0. The minimum Gasteiger partial charge on any atom is -0.493 e. The van der Waals surface area contributed by atoms with Crippen molar-refractivity contribution >= 4 is 34.6 Å². The predicted molar refractivity (Wildman–Crippen MR) is 174 cm³/mol. The van der Waals surface area contributed by atoms with E-state index in [9.17, 15) is 14.9 Å².